The third-order valence-electron chi connectivity index (χ3n) is 3.53. The van der Waals surface area contributed by atoms with Crippen LogP contribution in [0, 0.1) is 5.92 Å². The van der Waals surface area contributed by atoms with Crippen molar-refractivity contribution in [2.24, 2.45) is 11.7 Å². The molecule has 118 valence electrons. The standard InChI is InChI=1S/C14H22N2O5/c1-10-11-2-3-12(21-11)14(18)16(13(10)17)5-7-20-9-8-19-6-4-15/h2-3,10-12H,4-9,15H2,1H3. The second-order valence-electron chi connectivity index (χ2n) is 5.04. The maximum absolute atomic E-state index is 12.2. The number of hydrogen-bond acceptors (Lipinski definition) is 6. The molecule has 2 heterocycles. The van der Waals surface area contributed by atoms with E-state index < -0.39 is 6.10 Å². The summed E-state index contributed by atoms with van der Waals surface area (Å²) in [5, 5.41) is 0. The van der Waals surface area contributed by atoms with Crippen molar-refractivity contribution in [1.82, 2.24) is 4.90 Å². The van der Waals surface area contributed by atoms with Crippen molar-refractivity contribution in [2.45, 2.75) is 19.1 Å². The molecule has 3 atom stereocenters. The second kappa shape index (κ2) is 7.65. The molecule has 2 N–H and O–H groups in total. The van der Waals surface area contributed by atoms with Gasteiger partial charge in [0.05, 0.1) is 45.0 Å². The highest BCUT2D eigenvalue weighted by atomic mass is 16.5. The third kappa shape index (κ3) is 3.88. The van der Waals surface area contributed by atoms with Crippen LogP contribution in [0.3, 0.4) is 0 Å². The van der Waals surface area contributed by atoms with Gasteiger partial charge in [0, 0.05) is 6.54 Å². The summed E-state index contributed by atoms with van der Waals surface area (Å²) < 4.78 is 16.1. The number of nitrogens with two attached hydrogens (primary N) is 1. The Morgan fingerprint density at radius 1 is 1.14 bits per heavy atom. The van der Waals surface area contributed by atoms with E-state index in [1.165, 1.54) is 4.90 Å². The molecule has 0 spiro atoms. The molecule has 2 aliphatic rings. The van der Waals surface area contributed by atoms with Crippen LogP contribution in [0.2, 0.25) is 0 Å². The van der Waals surface area contributed by atoms with E-state index in [0.717, 1.165) is 0 Å². The molecule has 2 amide bonds. The molecule has 3 unspecified atom stereocenters. The third-order valence-corrected chi connectivity index (χ3v) is 3.53. The van der Waals surface area contributed by atoms with Gasteiger partial charge < -0.3 is 19.9 Å². The summed E-state index contributed by atoms with van der Waals surface area (Å²) in [7, 11) is 0. The average molecular weight is 298 g/mol. The first-order valence-corrected chi connectivity index (χ1v) is 7.19. The van der Waals surface area contributed by atoms with Gasteiger partial charge in [-0.25, -0.2) is 0 Å². The van der Waals surface area contributed by atoms with Crippen LogP contribution in [0.4, 0.5) is 0 Å². The van der Waals surface area contributed by atoms with E-state index in [0.29, 0.717) is 26.4 Å². The minimum Gasteiger partial charge on any atom is -0.378 e. The molecule has 0 radical (unpaired) electrons. The summed E-state index contributed by atoms with van der Waals surface area (Å²) in [5.74, 6) is -0.878. The number of carbonyl (C=O) groups excluding carboxylic acids is 2. The number of imide groups is 1. The van der Waals surface area contributed by atoms with Gasteiger partial charge in [-0.3, -0.25) is 14.5 Å². The number of amides is 2. The first kappa shape index (κ1) is 16.1. The van der Waals surface area contributed by atoms with E-state index >= 15 is 0 Å². The SMILES string of the molecule is CC1C(=O)N(CCOCCOCCN)C(=O)C2C=CC1O2. The molecule has 1 saturated heterocycles. The predicted octanol–water partition coefficient (Wildman–Crippen LogP) is -0.693. The summed E-state index contributed by atoms with van der Waals surface area (Å²) in [5.41, 5.74) is 5.29. The summed E-state index contributed by atoms with van der Waals surface area (Å²) in [4.78, 5) is 25.7. The number of hydrogen-bond donors (Lipinski definition) is 1. The molecule has 7 heteroatoms. The monoisotopic (exact) mass is 298 g/mol. The molecule has 0 aromatic rings. The highest BCUT2D eigenvalue weighted by molar-refractivity contribution is 6.00. The Kier molecular flexibility index (Phi) is 5.86. The molecular formula is C14H22N2O5. The van der Waals surface area contributed by atoms with Gasteiger partial charge in [0.15, 0.2) is 6.10 Å². The first-order chi connectivity index (χ1) is 10.1. The van der Waals surface area contributed by atoms with Gasteiger partial charge >= 0.3 is 0 Å². The predicted molar refractivity (Wildman–Crippen MR) is 74.4 cm³/mol. The second-order valence-corrected chi connectivity index (χ2v) is 5.04. The molecule has 0 aliphatic carbocycles. The quantitative estimate of drug-likeness (QED) is 0.362. The Morgan fingerprint density at radius 2 is 1.86 bits per heavy atom. The summed E-state index contributed by atoms with van der Waals surface area (Å²) in [6.07, 6.45) is 2.55. The van der Waals surface area contributed by atoms with Crippen LogP contribution in [0.25, 0.3) is 0 Å². The molecule has 2 rings (SSSR count). The molecule has 2 bridgehead atoms. The Labute approximate surface area is 124 Å². The van der Waals surface area contributed by atoms with Gasteiger partial charge in [-0.2, -0.15) is 0 Å². The van der Waals surface area contributed by atoms with E-state index in [1.807, 2.05) is 0 Å². The zero-order valence-electron chi connectivity index (χ0n) is 12.2. The maximum atomic E-state index is 12.2. The van der Waals surface area contributed by atoms with E-state index in [4.69, 9.17) is 19.9 Å². The molecule has 21 heavy (non-hydrogen) atoms. The Bertz CT molecular complexity index is 412. The molecule has 0 saturated carbocycles. The van der Waals surface area contributed by atoms with E-state index in [-0.39, 0.29) is 37.0 Å². The molecule has 1 fully saturated rings. The van der Waals surface area contributed by atoms with E-state index in [2.05, 4.69) is 0 Å². The molecule has 0 aromatic heterocycles. The molecular weight excluding hydrogens is 276 g/mol. The average Bonchev–Trinajstić information content (AvgIpc) is 2.95. The van der Waals surface area contributed by atoms with Crippen molar-refractivity contribution in [1.29, 1.82) is 0 Å². The lowest BCUT2D eigenvalue weighted by Crippen LogP contribution is -2.45. The van der Waals surface area contributed by atoms with E-state index in [9.17, 15) is 9.59 Å². The van der Waals surface area contributed by atoms with Crippen molar-refractivity contribution < 1.29 is 23.8 Å². The van der Waals surface area contributed by atoms with Crippen LogP contribution in [0.5, 0.6) is 0 Å². The number of nitrogens with zero attached hydrogens (tertiary/aromatic N) is 1. The van der Waals surface area contributed by atoms with Crippen LogP contribution < -0.4 is 5.73 Å². The minimum absolute atomic E-state index is 0.208. The first-order valence-electron chi connectivity index (χ1n) is 7.19. The molecule has 0 aromatic carbocycles. The Morgan fingerprint density at radius 3 is 2.57 bits per heavy atom. The lowest BCUT2D eigenvalue weighted by molar-refractivity contribution is -0.148. The van der Waals surface area contributed by atoms with Crippen LogP contribution in [0.1, 0.15) is 6.92 Å². The molecule has 7 nitrogen and oxygen atoms in total. The van der Waals surface area contributed by atoms with Gasteiger partial charge in [-0.15, -0.1) is 0 Å². The van der Waals surface area contributed by atoms with Crippen LogP contribution in [-0.4, -0.2) is 68.4 Å². The Hall–Kier alpha value is -1.28. The number of fused-ring (bicyclic) bond motifs is 2. The minimum atomic E-state index is -0.642. The largest absolute Gasteiger partial charge is 0.378 e. The highest BCUT2D eigenvalue weighted by Crippen LogP contribution is 2.26. The summed E-state index contributed by atoms with van der Waals surface area (Å²) in [6, 6.07) is 0. The fourth-order valence-corrected chi connectivity index (χ4v) is 2.33. The van der Waals surface area contributed by atoms with Crippen molar-refractivity contribution in [3.63, 3.8) is 0 Å². The summed E-state index contributed by atoms with van der Waals surface area (Å²) >= 11 is 0. The highest BCUT2D eigenvalue weighted by Gasteiger charge is 2.42. The van der Waals surface area contributed by atoms with Gasteiger partial charge in [0.1, 0.15) is 0 Å². The normalized spacial score (nSPS) is 28.3. The van der Waals surface area contributed by atoms with Crippen molar-refractivity contribution >= 4 is 11.8 Å². The topological polar surface area (TPSA) is 91.1 Å². The zero-order chi connectivity index (χ0) is 15.2. The Balaban J connectivity index is 1.77. The maximum Gasteiger partial charge on any atom is 0.262 e. The van der Waals surface area contributed by atoms with Gasteiger partial charge in [0.2, 0.25) is 5.91 Å². The van der Waals surface area contributed by atoms with E-state index in [1.54, 1.807) is 19.1 Å². The number of ether oxygens (including phenoxy) is 3. The smallest absolute Gasteiger partial charge is 0.262 e. The number of carbonyl (C=O) groups is 2. The lowest BCUT2D eigenvalue weighted by Gasteiger charge is -2.23. The van der Waals surface area contributed by atoms with Gasteiger partial charge in [-0.1, -0.05) is 13.0 Å². The van der Waals surface area contributed by atoms with Crippen LogP contribution >= 0.6 is 0 Å². The number of rotatable bonds is 8. The van der Waals surface area contributed by atoms with Gasteiger partial charge in [0.25, 0.3) is 5.91 Å². The summed E-state index contributed by atoms with van der Waals surface area (Å²) in [6.45, 7) is 4.13. The van der Waals surface area contributed by atoms with Crippen molar-refractivity contribution in [2.75, 3.05) is 39.5 Å². The van der Waals surface area contributed by atoms with Crippen molar-refractivity contribution in [3.8, 4) is 0 Å². The zero-order valence-corrected chi connectivity index (χ0v) is 12.2. The fourth-order valence-electron chi connectivity index (χ4n) is 2.33. The van der Waals surface area contributed by atoms with Crippen molar-refractivity contribution in [3.05, 3.63) is 12.2 Å². The lowest BCUT2D eigenvalue weighted by atomic mass is 10.0. The van der Waals surface area contributed by atoms with Gasteiger partial charge in [-0.05, 0) is 6.08 Å². The molecule has 2 aliphatic heterocycles. The fraction of sp³-hybridized carbons (Fsp3) is 0.714. The van der Waals surface area contributed by atoms with Crippen LogP contribution in [0.15, 0.2) is 12.2 Å². The van der Waals surface area contributed by atoms with Crippen LogP contribution in [-0.2, 0) is 23.8 Å².